The summed E-state index contributed by atoms with van der Waals surface area (Å²) in [6.45, 7) is 0. The van der Waals surface area contributed by atoms with Crippen LogP contribution >= 0.6 is 0 Å². The van der Waals surface area contributed by atoms with Gasteiger partial charge in [0.25, 0.3) is 0 Å². The van der Waals surface area contributed by atoms with Crippen molar-refractivity contribution in [2.24, 2.45) is 0 Å². The molecule has 0 amide bonds. The van der Waals surface area contributed by atoms with E-state index >= 15 is 0 Å². The number of aromatic nitrogens is 4. The topological polar surface area (TPSA) is 77.8 Å². The van der Waals surface area contributed by atoms with Gasteiger partial charge in [-0.2, -0.15) is 0 Å². The third kappa shape index (κ3) is 7.28. The van der Waals surface area contributed by atoms with Gasteiger partial charge in [-0.1, -0.05) is 218 Å². The van der Waals surface area contributed by atoms with Crippen LogP contribution < -0.4 is 0 Å². The number of nitrogens with zero attached hydrogens (tertiary/aromatic N) is 4. The van der Waals surface area contributed by atoms with Crippen LogP contribution in [0.15, 0.2) is 276 Å². The Morgan fingerprint density at radius 3 is 1.05 bits per heavy atom. The van der Waals surface area contributed by atoms with Gasteiger partial charge < -0.3 is 8.83 Å². The highest BCUT2D eigenvalue weighted by molar-refractivity contribution is 6.15. The number of benzene rings is 11. The Hall–Kier alpha value is -10.8. The minimum absolute atomic E-state index is 0.0105. The van der Waals surface area contributed by atoms with Crippen LogP contribution in [-0.2, 0) is 0 Å². The molecule has 4 aromatic heterocycles. The molecule has 2 unspecified atom stereocenters. The summed E-state index contributed by atoms with van der Waals surface area (Å²) in [5.41, 5.74) is 25.0. The number of furan rings is 2. The largest absolute Gasteiger partial charge is 0.456 e. The van der Waals surface area contributed by atoms with Gasteiger partial charge in [-0.25, -0.2) is 19.9 Å². The Morgan fingerprint density at radius 1 is 0.232 bits per heavy atom. The van der Waals surface area contributed by atoms with Crippen molar-refractivity contribution >= 4 is 43.9 Å². The van der Waals surface area contributed by atoms with E-state index in [0.717, 1.165) is 122 Å². The van der Waals surface area contributed by atoms with E-state index < -0.39 is 0 Å². The Kier molecular flexibility index (Phi) is 10.3. The van der Waals surface area contributed by atoms with Crippen molar-refractivity contribution in [3.63, 3.8) is 0 Å². The second kappa shape index (κ2) is 18.4. The maximum Gasteiger partial charge on any atom is 0.160 e. The van der Waals surface area contributed by atoms with E-state index in [1.54, 1.807) is 0 Å². The van der Waals surface area contributed by atoms with Gasteiger partial charge in [0.1, 0.15) is 22.3 Å². The number of para-hydroxylation sites is 2. The first kappa shape index (κ1) is 46.1. The molecule has 3 aliphatic carbocycles. The fraction of sp³-hybridized carbons (Fsp3) is 0.0263. The third-order valence-corrected chi connectivity index (χ3v) is 16.9. The zero-order valence-corrected chi connectivity index (χ0v) is 44.2. The van der Waals surface area contributed by atoms with Crippen LogP contribution in [0.3, 0.4) is 0 Å². The summed E-state index contributed by atoms with van der Waals surface area (Å²) in [6.07, 6.45) is 0. The summed E-state index contributed by atoms with van der Waals surface area (Å²) in [7, 11) is 0. The molecule has 2 bridgehead atoms. The van der Waals surface area contributed by atoms with Crippen LogP contribution in [0, 0.1) is 0 Å². The van der Waals surface area contributed by atoms with Crippen LogP contribution in [0.5, 0.6) is 0 Å². The maximum atomic E-state index is 6.39. The van der Waals surface area contributed by atoms with Gasteiger partial charge in [0.2, 0.25) is 0 Å². The van der Waals surface area contributed by atoms with E-state index in [1.165, 1.54) is 33.4 Å². The molecule has 4 heterocycles. The summed E-state index contributed by atoms with van der Waals surface area (Å²) in [5.74, 6) is 1.33. The average molecular weight is 1050 g/mol. The van der Waals surface area contributed by atoms with Crippen molar-refractivity contribution in [1.82, 2.24) is 19.9 Å². The third-order valence-electron chi connectivity index (χ3n) is 16.9. The highest BCUT2D eigenvalue weighted by Gasteiger charge is 2.42. The molecule has 82 heavy (non-hydrogen) atoms. The van der Waals surface area contributed by atoms with E-state index in [4.69, 9.17) is 28.8 Å². The number of rotatable bonds is 8. The lowest BCUT2D eigenvalue weighted by Gasteiger charge is -2.42. The Morgan fingerprint density at radius 2 is 0.585 bits per heavy atom. The molecule has 18 rings (SSSR count). The molecule has 11 aromatic carbocycles. The Balaban J connectivity index is 0.797. The van der Waals surface area contributed by atoms with Gasteiger partial charge in [0, 0.05) is 66.8 Å². The zero-order valence-electron chi connectivity index (χ0n) is 44.2. The molecular weight excluding hydrogens is 1000 g/mol. The van der Waals surface area contributed by atoms with E-state index in [0.29, 0.717) is 11.6 Å². The minimum atomic E-state index is -0.0105. The van der Waals surface area contributed by atoms with Crippen molar-refractivity contribution in [3.05, 3.63) is 300 Å². The Labute approximate surface area is 472 Å². The molecule has 6 heteroatoms. The molecule has 2 atom stereocenters. The van der Waals surface area contributed by atoms with Gasteiger partial charge in [0.15, 0.2) is 11.6 Å². The van der Waals surface area contributed by atoms with Gasteiger partial charge >= 0.3 is 0 Å². The summed E-state index contributed by atoms with van der Waals surface area (Å²) < 4.78 is 12.8. The summed E-state index contributed by atoms with van der Waals surface area (Å²) in [5, 5.41) is 4.36. The van der Waals surface area contributed by atoms with Crippen molar-refractivity contribution < 1.29 is 8.83 Å². The predicted molar refractivity (Wildman–Crippen MR) is 330 cm³/mol. The fourth-order valence-corrected chi connectivity index (χ4v) is 13.3. The molecule has 6 nitrogen and oxygen atoms in total. The van der Waals surface area contributed by atoms with Crippen molar-refractivity contribution in [3.8, 4) is 90.1 Å². The monoisotopic (exact) mass is 1050 g/mol. The smallest absolute Gasteiger partial charge is 0.160 e. The van der Waals surface area contributed by atoms with Crippen molar-refractivity contribution in [2.45, 2.75) is 11.8 Å². The van der Waals surface area contributed by atoms with E-state index in [1.807, 2.05) is 36.4 Å². The van der Waals surface area contributed by atoms with Gasteiger partial charge in [-0.15, -0.1) is 0 Å². The molecule has 3 aliphatic rings. The molecule has 0 saturated heterocycles. The highest BCUT2D eigenvalue weighted by atomic mass is 16.3. The molecule has 0 fully saturated rings. The molecule has 0 saturated carbocycles. The van der Waals surface area contributed by atoms with Crippen LogP contribution in [0.1, 0.15) is 45.2 Å². The predicted octanol–water partition coefficient (Wildman–Crippen LogP) is 19.4. The van der Waals surface area contributed by atoms with Crippen LogP contribution in [0.25, 0.3) is 134 Å². The van der Waals surface area contributed by atoms with E-state index in [2.05, 4.69) is 231 Å². The number of hydrogen-bond donors (Lipinski definition) is 0. The zero-order chi connectivity index (χ0) is 53.8. The molecule has 15 aromatic rings. The molecule has 0 aliphatic heterocycles. The lowest BCUT2D eigenvalue weighted by Crippen LogP contribution is -2.27. The second-order valence-electron chi connectivity index (χ2n) is 21.5. The summed E-state index contributed by atoms with van der Waals surface area (Å²) >= 11 is 0. The van der Waals surface area contributed by atoms with Crippen molar-refractivity contribution in [2.75, 3.05) is 0 Å². The summed E-state index contributed by atoms with van der Waals surface area (Å²) in [6, 6.07) is 94.4. The van der Waals surface area contributed by atoms with Gasteiger partial charge in [-0.3, -0.25) is 0 Å². The Bertz CT molecular complexity index is 4760. The van der Waals surface area contributed by atoms with Crippen LogP contribution in [0.4, 0.5) is 0 Å². The lowest BCUT2D eigenvalue weighted by atomic mass is 9.61. The van der Waals surface area contributed by atoms with Crippen molar-refractivity contribution in [1.29, 1.82) is 0 Å². The molecule has 0 N–H and O–H groups in total. The molecule has 0 spiro atoms. The first-order valence-electron chi connectivity index (χ1n) is 27.9. The summed E-state index contributed by atoms with van der Waals surface area (Å²) in [4.78, 5) is 21.8. The van der Waals surface area contributed by atoms with E-state index in [9.17, 15) is 0 Å². The molecular formula is C76H46N4O2. The average Bonchev–Trinajstić information content (AvgIpc) is 3.87. The fourth-order valence-electron chi connectivity index (χ4n) is 13.3. The van der Waals surface area contributed by atoms with E-state index in [-0.39, 0.29) is 11.8 Å². The SMILES string of the molecule is c1ccc(-c2cc(-c3ccccc3-c3cccc4oc5ccccc5c34)nc(-c3ccc4c(c3)C3c5ccccc5C4c4cc(-c5nc(-c6ccccc6)cc(-c6ccccc6-c6cccc7oc8ccccc8c67)n5)ccc43)n2)cc1. The van der Waals surface area contributed by atoms with Crippen LogP contribution in [-0.4, -0.2) is 19.9 Å². The highest BCUT2D eigenvalue weighted by Crippen LogP contribution is 2.57. The maximum absolute atomic E-state index is 6.39. The van der Waals surface area contributed by atoms with Gasteiger partial charge in [0.05, 0.1) is 22.8 Å². The van der Waals surface area contributed by atoms with Gasteiger partial charge in [-0.05, 0) is 104 Å². The second-order valence-corrected chi connectivity index (χ2v) is 21.5. The molecule has 382 valence electrons. The number of fused-ring (bicyclic) bond motifs is 6. The normalized spacial score (nSPS) is 14.1. The minimum Gasteiger partial charge on any atom is -0.456 e. The quantitative estimate of drug-likeness (QED) is 0.151. The van der Waals surface area contributed by atoms with Crippen LogP contribution in [0.2, 0.25) is 0 Å². The first-order valence-corrected chi connectivity index (χ1v) is 27.9. The lowest BCUT2D eigenvalue weighted by molar-refractivity contribution is 0.668. The standard InChI is InChI=1S/C76H46N4O2/c1-3-19-45(20-4-1)63-43-65(51-25-9-7-23-49(51)53-31-17-35-69-73(53)59-29-13-15-33-67(59)81-69)79-75(77-63)47-37-39-57-61(41-47)71-55-27-11-12-28-56(55)72(57)62-42-48(38-40-58(62)71)76-78-64(46-21-5-2-6-22-46)44-66(80-76)52-26-10-8-24-50(52)54-32-18-36-70-74(54)60-30-14-16-34-68(60)82-70/h1-44,71-72H. The first-order chi connectivity index (χ1) is 40.6. The number of hydrogen-bond acceptors (Lipinski definition) is 6. The molecule has 0 radical (unpaired) electrons.